The number of carbonyl (C=O) groups is 2. The van der Waals surface area contributed by atoms with Gasteiger partial charge in [-0.05, 0) is 69.3 Å². The quantitative estimate of drug-likeness (QED) is 0.698. The third-order valence-electron chi connectivity index (χ3n) is 5.49. The summed E-state index contributed by atoms with van der Waals surface area (Å²) < 4.78 is 10.9. The molecule has 7 nitrogen and oxygen atoms in total. The number of likely N-dealkylation sites (tertiary alicyclic amines) is 1. The first-order valence-corrected chi connectivity index (χ1v) is 10.2. The maximum Gasteiger partial charge on any atom is 0.263 e. The summed E-state index contributed by atoms with van der Waals surface area (Å²) in [5.41, 5.74) is 0. The Kier molecular flexibility index (Phi) is 9.04. The lowest BCUT2D eigenvalue weighted by Crippen LogP contribution is -2.49. The van der Waals surface area contributed by atoms with E-state index in [1.165, 1.54) is 0 Å². The summed E-state index contributed by atoms with van der Waals surface area (Å²) in [5, 5.41) is 6.27. The number of carbonyl (C=O) groups excluding carboxylic acids is 2. The highest BCUT2D eigenvalue weighted by Crippen LogP contribution is 2.21. The molecule has 1 aromatic rings. The Morgan fingerprint density at radius 2 is 1.93 bits per heavy atom. The van der Waals surface area contributed by atoms with Crippen molar-refractivity contribution in [1.82, 2.24) is 15.5 Å². The third-order valence-corrected chi connectivity index (χ3v) is 5.49. The van der Waals surface area contributed by atoms with Gasteiger partial charge in [-0.3, -0.25) is 9.59 Å². The minimum absolute atomic E-state index is 0. The number of rotatable bonds is 7. The zero-order valence-electron chi connectivity index (χ0n) is 17.2. The third kappa shape index (κ3) is 6.51. The highest BCUT2D eigenvalue weighted by atomic mass is 35.5. The molecule has 3 rings (SSSR count). The van der Waals surface area contributed by atoms with Crippen LogP contribution in [0.2, 0.25) is 0 Å². The van der Waals surface area contributed by atoms with Crippen LogP contribution in [0.1, 0.15) is 32.6 Å². The van der Waals surface area contributed by atoms with E-state index in [-0.39, 0.29) is 36.2 Å². The Morgan fingerprint density at radius 3 is 2.59 bits per heavy atom. The molecule has 2 amide bonds. The molecule has 2 saturated heterocycles. The molecule has 0 aromatic heterocycles. The summed E-state index contributed by atoms with van der Waals surface area (Å²) in [7, 11) is 1.61. The summed E-state index contributed by atoms with van der Waals surface area (Å²) in [6.45, 7) is 4.71. The van der Waals surface area contributed by atoms with Gasteiger partial charge in [0.05, 0.1) is 13.2 Å². The summed E-state index contributed by atoms with van der Waals surface area (Å²) in [5.74, 6) is 1.75. The Labute approximate surface area is 178 Å². The summed E-state index contributed by atoms with van der Waals surface area (Å²) in [4.78, 5) is 26.8. The molecule has 2 N–H and O–H groups in total. The Hall–Kier alpha value is -1.99. The molecular weight excluding hydrogens is 394 g/mol. The largest absolute Gasteiger partial charge is 0.497 e. The lowest BCUT2D eigenvalue weighted by atomic mass is 9.97. The van der Waals surface area contributed by atoms with Crippen molar-refractivity contribution in [3.05, 3.63) is 24.3 Å². The van der Waals surface area contributed by atoms with Crippen LogP contribution in [0.3, 0.4) is 0 Å². The van der Waals surface area contributed by atoms with Gasteiger partial charge in [0, 0.05) is 19.6 Å². The van der Waals surface area contributed by atoms with Gasteiger partial charge in [0.15, 0.2) is 6.10 Å². The van der Waals surface area contributed by atoms with Crippen molar-refractivity contribution in [1.29, 1.82) is 0 Å². The zero-order valence-corrected chi connectivity index (χ0v) is 18.0. The number of hydrogen-bond acceptors (Lipinski definition) is 5. The van der Waals surface area contributed by atoms with Gasteiger partial charge in [-0.15, -0.1) is 12.4 Å². The van der Waals surface area contributed by atoms with Crippen LogP contribution >= 0.6 is 12.4 Å². The van der Waals surface area contributed by atoms with Crippen molar-refractivity contribution < 1.29 is 19.1 Å². The van der Waals surface area contributed by atoms with Crippen molar-refractivity contribution >= 4 is 24.2 Å². The molecule has 29 heavy (non-hydrogen) atoms. The number of ether oxygens (including phenoxy) is 2. The molecule has 0 saturated carbocycles. The predicted octanol–water partition coefficient (Wildman–Crippen LogP) is 1.99. The molecule has 0 bridgehead atoms. The van der Waals surface area contributed by atoms with Gasteiger partial charge < -0.3 is 25.0 Å². The highest BCUT2D eigenvalue weighted by Gasteiger charge is 2.29. The number of nitrogens with zero attached hydrogens (tertiary/aromatic N) is 1. The minimum atomic E-state index is -0.551. The smallest absolute Gasteiger partial charge is 0.263 e. The first-order valence-electron chi connectivity index (χ1n) is 10.2. The van der Waals surface area contributed by atoms with E-state index < -0.39 is 6.10 Å². The van der Waals surface area contributed by atoms with Crippen molar-refractivity contribution in [3.63, 3.8) is 0 Å². The number of piperidine rings is 1. The molecule has 162 valence electrons. The van der Waals surface area contributed by atoms with E-state index in [1.807, 2.05) is 17.0 Å². The van der Waals surface area contributed by atoms with E-state index in [9.17, 15) is 9.59 Å². The average molecular weight is 426 g/mol. The molecule has 2 heterocycles. The average Bonchev–Trinajstić information content (AvgIpc) is 3.27. The standard InChI is InChI=1S/C21H31N3O4.ClH/c1-15(28-18-9-7-17(27-2)8-10-18)21(26)24-12-4-5-16(14-24)13-23-20(25)19-6-3-11-22-19;/h7-10,15-16,19,22H,3-6,11-14H2,1-2H3,(H,23,25);1H. The first-order chi connectivity index (χ1) is 13.6. The molecule has 3 unspecified atom stereocenters. The van der Waals surface area contributed by atoms with Crippen LogP contribution in [0.25, 0.3) is 0 Å². The van der Waals surface area contributed by atoms with Crippen LogP contribution in [0.15, 0.2) is 24.3 Å². The highest BCUT2D eigenvalue weighted by molar-refractivity contribution is 5.85. The van der Waals surface area contributed by atoms with E-state index in [0.717, 1.165) is 44.5 Å². The molecule has 2 fully saturated rings. The van der Waals surface area contributed by atoms with Crippen LogP contribution in [0.5, 0.6) is 11.5 Å². The Bertz CT molecular complexity index is 664. The fraction of sp³-hybridized carbons (Fsp3) is 0.619. The Balaban J connectivity index is 0.00000300. The van der Waals surface area contributed by atoms with E-state index >= 15 is 0 Å². The molecule has 2 aliphatic rings. The number of benzene rings is 1. The van der Waals surface area contributed by atoms with Crippen molar-refractivity contribution in [2.45, 2.75) is 44.8 Å². The number of amides is 2. The number of halogens is 1. The molecular formula is C21H32ClN3O4. The molecule has 2 aliphatic heterocycles. The zero-order chi connectivity index (χ0) is 19.9. The van der Waals surface area contributed by atoms with Gasteiger partial charge in [-0.2, -0.15) is 0 Å². The van der Waals surface area contributed by atoms with Crippen LogP contribution in [-0.2, 0) is 9.59 Å². The fourth-order valence-electron chi connectivity index (χ4n) is 3.87. The monoisotopic (exact) mass is 425 g/mol. The lowest BCUT2D eigenvalue weighted by molar-refractivity contribution is -0.139. The molecule has 3 atom stereocenters. The van der Waals surface area contributed by atoms with Gasteiger partial charge in [0.1, 0.15) is 11.5 Å². The molecule has 8 heteroatoms. The number of nitrogens with one attached hydrogen (secondary N) is 2. The van der Waals surface area contributed by atoms with Gasteiger partial charge in [-0.1, -0.05) is 0 Å². The van der Waals surface area contributed by atoms with Crippen LogP contribution < -0.4 is 20.1 Å². The SMILES string of the molecule is COc1ccc(OC(C)C(=O)N2CCCC(CNC(=O)C3CCCN3)C2)cc1.Cl. The molecule has 0 aliphatic carbocycles. The maximum absolute atomic E-state index is 12.8. The maximum atomic E-state index is 12.8. The topological polar surface area (TPSA) is 79.9 Å². The van der Waals surface area contributed by atoms with Crippen LogP contribution in [0.4, 0.5) is 0 Å². The van der Waals surface area contributed by atoms with Crippen LogP contribution in [-0.4, -0.2) is 62.1 Å². The van der Waals surface area contributed by atoms with E-state index in [0.29, 0.717) is 18.8 Å². The van der Waals surface area contributed by atoms with Crippen molar-refractivity contribution in [3.8, 4) is 11.5 Å². The molecule has 0 radical (unpaired) electrons. The van der Waals surface area contributed by atoms with Crippen molar-refractivity contribution in [2.24, 2.45) is 5.92 Å². The first kappa shape index (κ1) is 23.3. The second kappa shape index (κ2) is 11.3. The second-order valence-electron chi connectivity index (χ2n) is 7.62. The number of hydrogen-bond donors (Lipinski definition) is 2. The van der Waals surface area contributed by atoms with Gasteiger partial charge >= 0.3 is 0 Å². The van der Waals surface area contributed by atoms with Gasteiger partial charge in [0.2, 0.25) is 5.91 Å². The minimum Gasteiger partial charge on any atom is -0.497 e. The summed E-state index contributed by atoms with van der Waals surface area (Å²) >= 11 is 0. The number of methoxy groups -OCH3 is 1. The van der Waals surface area contributed by atoms with E-state index in [4.69, 9.17) is 9.47 Å². The fourth-order valence-corrected chi connectivity index (χ4v) is 3.87. The Morgan fingerprint density at radius 1 is 1.21 bits per heavy atom. The van der Waals surface area contributed by atoms with Gasteiger partial charge in [-0.25, -0.2) is 0 Å². The predicted molar refractivity (Wildman–Crippen MR) is 114 cm³/mol. The molecule has 0 spiro atoms. The normalized spacial score (nSPS) is 22.3. The van der Waals surface area contributed by atoms with Crippen molar-refractivity contribution in [2.75, 3.05) is 33.3 Å². The van der Waals surface area contributed by atoms with E-state index in [1.54, 1.807) is 26.2 Å². The van der Waals surface area contributed by atoms with Crippen LogP contribution in [0, 0.1) is 5.92 Å². The van der Waals surface area contributed by atoms with E-state index in [2.05, 4.69) is 10.6 Å². The second-order valence-corrected chi connectivity index (χ2v) is 7.62. The summed E-state index contributed by atoms with van der Waals surface area (Å²) in [6, 6.07) is 7.17. The van der Waals surface area contributed by atoms with Gasteiger partial charge in [0.25, 0.3) is 5.91 Å². The summed E-state index contributed by atoms with van der Waals surface area (Å²) in [6.07, 6.45) is 3.38. The lowest BCUT2D eigenvalue weighted by Gasteiger charge is -2.34. The molecule has 1 aromatic carbocycles.